The van der Waals surface area contributed by atoms with Gasteiger partial charge in [-0.2, -0.15) is 0 Å². The van der Waals surface area contributed by atoms with E-state index in [2.05, 4.69) is 9.97 Å². The molecular weight excluding hydrogens is 396 g/mol. The summed E-state index contributed by atoms with van der Waals surface area (Å²) in [7, 11) is 0. The number of hydrogen-bond donors (Lipinski definition) is 0. The van der Waals surface area contributed by atoms with E-state index in [9.17, 15) is 14.4 Å². The minimum atomic E-state index is -0.513. The van der Waals surface area contributed by atoms with Crippen molar-refractivity contribution in [3.8, 4) is 10.7 Å². The van der Waals surface area contributed by atoms with E-state index >= 15 is 0 Å². The predicted molar refractivity (Wildman–Crippen MR) is 105 cm³/mol. The number of nitrogens with zero attached hydrogens (tertiary/aromatic N) is 4. The van der Waals surface area contributed by atoms with Crippen LogP contribution in [0.3, 0.4) is 0 Å². The summed E-state index contributed by atoms with van der Waals surface area (Å²) in [4.78, 5) is 47.7. The number of thiazole rings is 1. The van der Waals surface area contributed by atoms with Crippen LogP contribution in [0.4, 0.5) is 4.79 Å². The molecule has 1 aliphatic heterocycles. The number of ether oxygens (including phenoxy) is 2. The number of piperazine rings is 1. The van der Waals surface area contributed by atoms with Crippen LogP contribution in [-0.4, -0.2) is 77.1 Å². The van der Waals surface area contributed by atoms with E-state index in [0.29, 0.717) is 38.5 Å². The molecular formula is C19H22N4O5S. The second-order valence-corrected chi connectivity index (χ2v) is 7.12. The molecule has 3 rings (SSSR count). The highest BCUT2D eigenvalue weighted by molar-refractivity contribution is 7.13. The van der Waals surface area contributed by atoms with Crippen molar-refractivity contribution in [2.75, 3.05) is 39.4 Å². The molecule has 3 heterocycles. The Balaban J connectivity index is 1.41. The first-order valence-corrected chi connectivity index (χ1v) is 10.2. The van der Waals surface area contributed by atoms with Gasteiger partial charge in [0.15, 0.2) is 6.61 Å². The lowest BCUT2D eigenvalue weighted by molar-refractivity contribution is -0.152. The monoisotopic (exact) mass is 418 g/mol. The topological polar surface area (TPSA) is 102 Å². The molecule has 2 aromatic rings. The van der Waals surface area contributed by atoms with Crippen LogP contribution in [0.2, 0.25) is 0 Å². The lowest BCUT2D eigenvalue weighted by atomic mass is 10.3. The van der Waals surface area contributed by atoms with E-state index in [1.165, 1.54) is 11.3 Å². The van der Waals surface area contributed by atoms with Gasteiger partial charge in [-0.3, -0.25) is 14.6 Å². The predicted octanol–water partition coefficient (Wildman–Crippen LogP) is 1.59. The molecule has 154 valence electrons. The summed E-state index contributed by atoms with van der Waals surface area (Å²) in [5, 5.41) is 2.51. The summed E-state index contributed by atoms with van der Waals surface area (Å²) in [6.45, 7) is 3.30. The van der Waals surface area contributed by atoms with Crippen molar-refractivity contribution < 1.29 is 23.9 Å². The van der Waals surface area contributed by atoms with Crippen molar-refractivity contribution in [2.45, 2.75) is 13.3 Å². The molecule has 0 unspecified atom stereocenters. The summed E-state index contributed by atoms with van der Waals surface area (Å²) >= 11 is 1.40. The number of carbonyl (C=O) groups excluding carboxylic acids is 3. The Morgan fingerprint density at radius 1 is 1.10 bits per heavy atom. The van der Waals surface area contributed by atoms with E-state index in [0.717, 1.165) is 10.7 Å². The first-order valence-electron chi connectivity index (χ1n) is 9.27. The number of pyridine rings is 1. The highest BCUT2D eigenvalue weighted by Crippen LogP contribution is 2.21. The second-order valence-electron chi connectivity index (χ2n) is 6.26. The zero-order chi connectivity index (χ0) is 20.6. The van der Waals surface area contributed by atoms with E-state index in [-0.39, 0.29) is 25.0 Å². The first kappa shape index (κ1) is 20.7. The van der Waals surface area contributed by atoms with Crippen molar-refractivity contribution in [3.63, 3.8) is 0 Å². The zero-order valence-electron chi connectivity index (χ0n) is 16.1. The highest BCUT2D eigenvalue weighted by Gasteiger charge is 2.25. The van der Waals surface area contributed by atoms with Gasteiger partial charge in [0.25, 0.3) is 5.91 Å². The van der Waals surface area contributed by atoms with Gasteiger partial charge in [-0.05, 0) is 19.1 Å². The second kappa shape index (κ2) is 9.97. The molecule has 9 nitrogen and oxygen atoms in total. The molecule has 0 aromatic carbocycles. The standard InChI is InChI=1S/C19H22N4O5S/c1-2-27-19(26)23-9-7-22(8-10-23)16(24)12-28-17(25)11-14-13-29-18(21-14)15-5-3-4-6-20-15/h3-6,13H,2,7-12H2,1H3. The Kier molecular flexibility index (Phi) is 7.12. The van der Waals surface area contributed by atoms with E-state index in [1.54, 1.807) is 28.3 Å². The van der Waals surface area contributed by atoms with Gasteiger partial charge in [0, 0.05) is 37.8 Å². The molecule has 0 bridgehead atoms. The largest absolute Gasteiger partial charge is 0.455 e. The molecule has 1 saturated heterocycles. The average molecular weight is 418 g/mol. The summed E-state index contributed by atoms with van der Waals surface area (Å²) < 4.78 is 10.1. The number of hydrogen-bond acceptors (Lipinski definition) is 8. The van der Waals surface area contributed by atoms with Gasteiger partial charge in [-0.1, -0.05) is 6.07 Å². The van der Waals surface area contributed by atoms with Crippen LogP contribution in [0.5, 0.6) is 0 Å². The Hall–Kier alpha value is -3.01. The molecule has 2 aromatic heterocycles. The Morgan fingerprint density at radius 2 is 1.86 bits per heavy atom. The fraction of sp³-hybridized carbons (Fsp3) is 0.421. The summed E-state index contributed by atoms with van der Waals surface area (Å²) in [6, 6.07) is 5.54. The van der Waals surface area contributed by atoms with Gasteiger partial charge in [-0.15, -0.1) is 11.3 Å². The Morgan fingerprint density at radius 3 is 2.55 bits per heavy atom. The highest BCUT2D eigenvalue weighted by atomic mass is 32.1. The van der Waals surface area contributed by atoms with Crippen LogP contribution in [0.25, 0.3) is 10.7 Å². The first-order chi connectivity index (χ1) is 14.1. The number of aromatic nitrogens is 2. The van der Waals surface area contributed by atoms with Gasteiger partial charge in [0.1, 0.15) is 5.01 Å². The van der Waals surface area contributed by atoms with Crippen molar-refractivity contribution in [1.29, 1.82) is 0 Å². The van der Waals surface area contributed by atoms with Crippen molar-refractivity contribution >= 4 is 29.3 Å². The molecule has 10 heteroatoms. The molecule has 0 radical (unpaired) electrons. The number of amides is 2. The SMILES string of the molecule is CCOC(=O)N1CCN(C(=O)COC(=O)Cc2csc(-c3ccccn3)n2)CC1. The van der Waals surface area contributed by atoms with Gasteiger partial charge < -0.3 is 19.3 Å². The third kappa shape index (κ3) is 5.74. The Bertz CT molecular complexity index is 849. The maximum absolute atomic E-state index is 12.2. The molecule has 0 atom stereocenters. The normalized spacial score (nSPS) is 13.8. The molecule has 29 heavy (non-hydrogen) atoms. The molecule has 0 aliphatic carbocycles. The third-order valence-electron chi connectivity index (χ3n) is 4.28. The Labute approximate surface area is 172 Å². The van der Waals surface area contributed by atoms with Gasteiger partial charge in [0.05, 0.1) is 24.4 Å². The molecule has 0 spiro atoms. The van der Waals surface area contributed by atoms with Crippen LogP contribution in [-0.2, 0) is 25.5 Å². The lowest BCUT2D eigenvalue weighted by Crippen LogP contribution is -2.51. The van der Waals surface area contributed by atoms with Crippen molar-refractivity contribution in [3.05, 3.63) is 35.5 Å². The van der Waals surface area contributed by atoms with Crippen LogP contribution >= 0.6 is 11.3 Å². The van der Waals surface area contributed by atoms with Gasteiger partial charge in [-0.25, -0.2) is 9.78 Å². The quantitative estimate of drug-likeness (QED) is 0.657. The third-order valence-corrected chi connectivity index (χ3v) is 5.19. The van der Waals surface area contributed by atoms with Crippen LogP contribution in [0.1, 0.15) is 12.6 Å². The fourth-order valence-electron chi connectivity index (χ4n) is 2.78. The van der Waals surface area contributed by atoms with E-state index in [4.69, 9.17) is 9.47 Å². The van der Waals surface area contributed by atoms with E-state index < -0.39 is 5.97 Å². The van der Waals surface area contributed by atoms with Crippen LogP contribution < -0.4 is 0 Å². The minimum Gasteiger partial charge on any atom is -0.455 e. The number of esters is 1. The summed E-state index contributed by atoms with van der Waals surface area (Å²) in [5.41, 5.74) is 1.32. The minimum absolute atomic E-state index is 0.00670. The number of carbonyl (C=O) groups is 3. The van der Waals surface area contributed by atoms with Gasteiger partial charge in [0.2, 0.25) is 0 Å². The van der Waals surface area contributed by atoms with Crippen LogP contribution in [0, 0.1) is 0 Å². The maximum Gasteiger partial charge on any atom is 0.409 e. The molecule has 1 aliphatic rings. The molecule has 0 saturated carbocycles. The van der Waals surface area contributed by atoms with Crippen molar-refractivity contribution in [2.24, 2.45) is 0 Å². The lowest BCUT2D eigenvalue weighted by Gasteiger charge is -2.33. The average Bonchev–Trinajstić information content (AvgIpc) is 3.21. The van der Waals surface area contributed by atoms with E-state index in [1.807, 2.05) is 18.2 Å². The number of rotatable bonds is 6. The zero-order valence-corrected chi connectivity index (χ0v) is 16.9. The maximum atomic E-state index is 12.2. The van der Waals surface area contributed by atoms with Crippen LogP contribution in [0.15, 0.2) is 29.8 Å². The van der Waals surface area contributed by atoms with Crippen molar-refractivity contribution in [1.82, 2.24) is 19.8 Å². The summed E-state index contributed by atoms with van der Waals surface area (Å²) in [5.74, 6) is -0.796. The molecule has 1 fully saturated rings. The summed E-state index contributed by atoms with van der Waals surface area (Å²) in [6.07, 6.45) is 1.30. The van der Waals surface area contributed by atoms with Gasteiger partial charge >= 0.3 is 12.1 Å². The molecule has 2 amide bonds. The molecule has 0 N–H and O–H groups in total. The smallest absolute Gasteiger partial charge is 0.409 e. The fourth-order valence-corrected chi connectivity index (χ4v) is 3.58.